The van der Waals surface area contributed by atoms with Crippen molar-refractivity contribution in [2.45, 2.75) is 25.9 Å². The first-order chi connectivity index (χ1) is 8.56. The van der Waals surface area contributed by atoms with Gasteiger partial charge in [0.1, 0.15) is 0 Å². The molecule has 0 saturated carbocycles. The third-order valence-electron chi connectivity index (χ3n) is 2.58. The van der Waals surface area contributed by atoms with E-state index in [2.05, 4.69) is 5.32 Å². The molecule has 1 atom stereocenters. The minimum Gasteiger partial charge on any atom is -0.493 e. The number of ether oxygens (including phenoxy) is 2. The molecule has 5 heteroatoms. The van der Waals surface area contributed by atoms with Crippen molar-refractivity contribution in [1.29, 1.82) is 0 Å². The van der Waals surface area contributed by atoms with Crippen LogP contribution < -0.4 is 14.8 Å². The van der Waals surface area contributed by atoms with Crippen LogP contribution in [0.2, 0.25) is 0 Å². The zero-order valence-electron chi connectivity index (χ0n) is 10.9. The Morgan fingerprint density at radius 1 is 1.33 bits per heavy atom. The lowest BCUT2D eigenvalue weighted by molar-refractivity contribution is -0.137. The maximum absolute atomic E-state index is 10.5. The Labute approximate surface area is 107 Å². The molecule has 0 heterocycles. The molecule has 1 aromatic rings. The van der Waals surface area contributed by atoms with Gasteiger partial charge in [-0.05, 0) is 24.6 Å². The Morgan fingerprint density at radius 2 is 2.00 bits per heavy atom. The summed E-state index contributed by atoms with van der Waals surface area (Å²) < 4.78 is 10.3. The Morgan fingerprint density at radius 3 is 2.56 bits per heavy atom. The van der Waals surface area contributed by atoms with Crippen molar-refractivity contribution < 1.29 is 19.4 Å². The highest BCUT2D eigenvalue weighted by molar-refractivity contribution is 5.67. The standard InChI is InChI=1S/C13H19NO4/c1-9(6-13(15)16)14-8-10-4-5-11(17-2)12(7-10)18-3/h4-5,7,9,14H,6,8H2,1-3H3,(H,15,16)/t9-/m0/s1. The molecule has 0 unspecified atom stereocenters. The second-order valence-corrected chi connectivity index (χ2v) is 4.07. The van der Waals surface area contributed by atoms with Gasteiger partial charge < -0.3 is 19.9 Å². The number of rotatable bonds is 7. The van der Waals surface area contributed by atoms with E-state index in [0.717, 1.165) is 5.56 Å². The van der Waals surface area contributed by atoms with E-state index in [4.69, 9.17) is 14.6 Å². The summed E-state index contributed by atoms with van der Waals surface area (Å²) in [4.78, 5) is 10.5. The van der Waals surface area contributed by atoms with E-state index in [9.17, 15) is 4.79 Å². The van der Waals surface area contributed by atoms with Crippen LogP contribution >= 0.6 is 0 Å². The van der Waals surface area contributed by atoms with Crippen LogP contribution in [0.5, 0.6) is 11.5 Å². The number of carboxylic acids is 1. The van der Waals surface area contributed by atoms with Gasteiger partial charge in [-0.3, -0.25) is 4.79 Å². The Kier molecular flexibility index (Phi) is 5.45. The van der Waals surface area contributed by atoms with E-state index in [1.165, 1.54) is 0 Å². The van der Waals surface area contributed by atoms with E-state index in [1.54, 1.807) is 14.2 Å². The number of nitrogens with one attached hydrogen (secondary N) is 1. The van der Waals surface area contributed by atoms with Crippen LogP contribution in [0.1, 0.15) is 18.9 Å². The van der Waals surface area contributed by atoms with Crippen molar-refractivity contribution in [2.24, 2.45) is 0 Å². The summed E-state index contributed by atoms with van der Waals surface area (Å²) in [5.41, 5.74) is 1.02. The number of methoxy groups -OCH3 is 2. The van der Waals surface area contributed by atoms with E-state index in [-0.39, 0.29) is 12.5 Å². The molecule has 0 amide bonds. The summed E-state index contributed by atoms with van der Waals surface area (Å²) in [5.74, 6) is 0.546. The fourth-order valence-electron chi connectivity index (χ4n) is 1.62. The molecule has 100 valence electrons. The van der Waals surface area contributed by atoms with E-state index in [1.807, 2.05) is 25.1 Å². The summed E-state index contributed by atoms with van der Waals surface area (Å²) in [5, 5.41) is 11.8. The number of aliphatic carboxylic acids is 1. The predicted molar refractivity (Wildman–Crippen MR) is 68.1 cm³/mol. The minimum absolute atomic E-state index is 0.0735. The molecule has 0 aliphatic carbocycles. The van der Waals surface area contributed by atoms with Crippen LogP contribution in [-0.4, -0.2) is 31.3 Å². The van der Waals surface area contributed by atoms with Gasteiger partial charge in [0, 0.05) is 12.6 Å². The van der Waals surface area contributed by atoms with Gasteiger partial charge in [-0.1, -0.05) is 6.07 Å². The maximum atomic E-state index is 10.5. The largest absolute Gasteiger partial charge is 0.493 e. The van der Waals surface area contributed by atoms with Crippen molar-refractivity contribution in [3.05, 3.63) is 23.8 Å². The van der Waals surface area contributed by atoms with Gasteiger partial charge in [0.2, 0.25) is 0 Å². The first-order valence-electron chi connectivity index (χ1n) is 5.73. The topological polar surface area (TPSA) is 67.8 Å². The third kappa shape index (κ3) is 4.25. The van der Waals surface area contributed by atoms with Gasteiger partial charge in [0.05, 0.1) is 20.6 Å². The summed E-state index contributed by atoms with van der Waals surface area (Å²) in [6.45, 7) is 2.43. The zero-order chi connectivity index (χ0) is 13.5. The first kappa shape index (κ1) is 14.3. The van der Waals surface area contributed by atoms with Crippen LogP contribution in [0, 0.1) is 0 Å². The molecule has 5 nitrogen and oxygen atoms in total. The van der Waals surface area contributed by atoms with Gasteiger partial charge in [0.15, 0.2) is 11.5 Å². The number of benzene rings is 1. The zero-order valence-corrected chi connectivity index (χ0v) is 10.9. The number of hydrogen-bond acceptors (Lipinski definition) is 4. The van der Waals surface area contributed by atoms with E-state index in [0.29, 0.717) is 18.0 Å². The fourth-order valence-corrected chi connectivity index (χ4v) is 1.62. The lowest BCUT2D eigenvalue weighted by Gasteiger charge is -2.13. The quantitative estimate of drug-likeness (QED) is 0.773. The summed E-state index contributed by atoms with van der Waals surface area (Å²) in [6.07, 6.45) is 0.104. The molecule has 0 aliphatic heterocycles. The molecular formula is C13H19NO4. The van der Waals surface area contributed by atoms with Gasteiger partial charge in [-0.15, -0.1) is 0 Å². The average Bonchev–Trinajstić information content (AvgIpc) is 2.35. The fraction of sp³-hybridized carbons (Fsp3) is 0.462. The van der Waals surface area contributed by atoms with Crippen molar-refractivity contribution in [3.8, 4) is 11.5 Å². The van der Waals surface area contributed by atoms with Crippen molar-refractivity contribution in [1.82, 2.24) is 5.32 Å². The van der Waals surface area contributed by atoms with E-state index < -0.39 is 5.97 Å². The van der Waals surface area contributed by atoms with E-state index >= 15 is 0 Å². The van der Waals surface area contributed by atoms with Gasteiger partial charge in [0.25, 0.3) is 0 Å². The summed E-state index contributed by atoms with van der Waals surface area (Å²) in [6, 6.07) is 5.55. The first-order valence-corrected chi connectivity index (χ1v) is 5.73. The molecule has 1 aromatic carbocycles. The Balaban J connectivity index is 2.60. The smallest absolute Gasteiger partial charge is 0.304 e. The predicted octanol–water partition coefficient (Wildman–Crippen LogP) is 1.66. The van der Waals surface area contributed by atoms with Crippen LogP contribution in [0.4, 0.5) is 0 Å². The average molecular weight is 253 g/mol. The highest BCUT2D eigenvalue weighted by Crippen LogP contribution is 2.27. The number of hydrogen-bond donors (Lipinski definition) is 2. The summed E-state index contributed by atoms with van der Waals surface area (Å²) in [7, 11) is 3.17. The molecule has 18 heavy (non-hydrogen) atoms. The van der Waals surface area contributed by atoms with Gasteiger partial charge in [-0.25, -0.2) is 0 Å². The third-order valence-corrected chi connectivity index (χ3v) is 2.58. The molecule has 2 N–H and O–H groups in total. The molecule has 0 saturated heterocycles. The van der Waals surface area contributed by atoms with Crippen molar-refractivity contribution in [3.63, 3.8) is 0 Å². The second kappa shape index (κ2) is 6.86. The van der Waals surface area contributed by atoms with Gasteiger partial charge >= 0.3 is 5.97 Å². The maximum Gasteiger partial charge on any atom is 0.304 e. The molecule has 0 aliphatic rings. The molecule has 0 fully saturated rings. The number of carbonyl (C=O) groups is 1. The second-order valence-electron chi connectivity index (χ2n) is 4.07. The lowest BCUT2D eigenvalue weighted by atomic mass is 10.1. The molecular weight excluding hydrogens is 234 g/mol. The monoisotopic (exact) mass is 253 g/mol. The molecule has 0 aromatic heterocycles. The highest BCUT2D eigenvalue weighted by Gasteiger charge is 2.08. The number of carboxylic acid groups (broad SMARTS) is 1. The van der Waals surface area contributed by atoms with Crippen LogP contribution in [-0.2, 0) is 11.3 Å². The molecule has 1 rings (SSSR count). The lowest BCUT2D eigenvalue weighted by Crippen LogP contribution is -2.27. The highest BCUT2D eigenvalue weighted by atomic mass is 16.5. The Hall–Kier alpha value is -1.75. The van der Waals surface area contributed by atoms with Crippen LogP contribution in [0.3, 0.4) is 0 Å². The molecule has 0 bridgehead atoms. The van der Waals surface area contributed by atoms with Crippen LogP contribution in [0.15, 0.2) is 18.2 Å². The van der Waals surface area contributed by atoms with Crippen molar-refractivity contribution >= 4 is 5.97 Å². The molecule has 0 spiro atoms. The summed E-state index contributed by atoms with van der Waals surface area (Å²) >= 11 is 0. The Bertz CT molecular complexity index is 406. The van der Waals surface area contributed by atoms with Crippen LogP contribution in [0.25, 0.3) is 0 Å². The SMILES string of the molecule is COc1ccc(CN[C@@H](C)CC(=O)O)cc1OC. The normalized spacial score (nSPS) is 11.9. The minimum atomic E-state index is -0.803. The molecule has 0 radical (unpaired) electrons. The van der Waals surface area contributed by atoms with Gasteiger partial charge in [-0.2, -0.15) is 0 Å². The van der Waals surface area contributed by atoms with Crippen molar-refractivity contribution in [2.75, 3.05) is 14.2 Å².